The van der Waals surface area contributed by atoms with Gasteiger partial charge >= 0.3 is 0 Å². The number of carbonyl (C=O) groups excluding carboxylic acids is 1. The van der Waals surface area contributed by atoms with Crippen molar-refractivity contribution in [2.45, 2.75) is 45.1 Å². The SMILES string of the molecule is CCc1nc2cc(NC(=O)C3CCC(N)CC3)ccc2o1. The monoisotopic (exact) mass is 287 g/mol. The molecule has 3 rings (SSSR count). The van der Waals surface area contributed by atoms with Gasteiger partial charge in [0, 0.05) is 24.1 Å². The van der Waals surface area contributed by atoms with E-state index in [1.54, 1.807) is 0 Å². The quantitative estimate of drug-likeness (QED) is 0.909. The molecule has 1 fully saturated rings. The number of fused-ring (bicyclic) bond motifs is 1. The minimum Gasteiger partial charge on any atom is -0.441 e. The van der Waals surface area contributed by atoms with Crippen LogP contribution >= 0.6 is 0 Å². The topological polar surface area (TPSA) is 81.2 Å². The third kappa shape index (κ3) is 3.08. The van der Waals surface area contributed by atoms with Crippen molar-refractivity contribution in [1.29, 1.82) is 0 Å². The minimum atomic E-state index is 0.0732. The first-order valence-corrected chi connectivity index (χ1v) is 7.61. The zero-order chi connectivity index (χ0) is 14.8. The lowest BCUT2D eigenvalue weighted by molar-refractivity contribution is -0.120. The fourth-order valence-corrected chi connectivity index (χ4v) is 2.83. The first-order valence-electron chi connectivity index (χ1n) is 7.61. The van der Waals surface area contributed by atoms with Crippen LogP contribution in [-0.4, -0.2) is 16.9 Å². The van der Waals surface area contributed by atoms with Crippen LogP contribution in [0.2, 0.25) is 0 Å². The Hall–Kier alpha value is -1.88. The maximum absolute atomic E-state index is 12.3. The van der Waals surface area contributed by atoms with Crippen LogP contribution in [0.5, 0.6) is 0 Å². The number of carbonyl (C=O) groups is 1. The van der Waals surface area contributed by atoms with E-state index in [1.165, 1.54) is 0 Å². The van der Waals surface area contributed by atoms with Gasteiger partial charge in [-0.05, 0) is 43.9 Å². The van der Waals surface area contributed by atoms with Gasteiger partial charge in [0.2, 0.25) is 5.91 Å². The Morgan fingerprint density at radius 1 is 1.38 bits per heavy atom. The number of hydrogen-bond donors (Lipinski definition) is 2. The third-order valence-electron chi connectivity index (χ3n) is 4.14. The molecule has 0 atom stereocenters. The van der Waals surface area contributed by atoms with E-state index in [-0.39, 0.29) is 17.9 Å². The van der Waals surface area contributed by atoms with Crippen LogP contribution in [0.4, 0.5) is 5.69 Å². The largest absolute Gasteiger partial charge is 0.441 e. The molecule has 1 aliphatic carbocycles. The molecule has 5 heteroatoms. The van der Waals surface area contributed by atoms with Crippen LogP contribution in [0, 0.1) is 5.92 Å². The van der Waals surface area contributed by atoms with E-state index in [0.717, 1.165) is 54.8 Å². The van der Waals surface area contributed by atoms with Gasteiger partial charge in [0.15, 0.2) is 11.5 Å². The number of nitrogens with one attached hydrogen (secondary N) is 1. The summed E-state index contributed by atoms with van der Waals surface area (Å²) < 4.78 is 5.57. The molecule has 21 heavy (non-hydrogen) atoms. The van der Waals surface area contributed by atoms with E-state index in [2.05, 4.69) is 10.3 Å². The lowest BCUT2D eigenvalue weighted by atomic mass is 9.86. The van der Waals surface area contributed by atoms with E-state index in [1.807, 2.05) is 25.1 Å². The summed E-state index contributed by atoms with van der Waals surface area (Å²) in [5.41, 5.74) is 8.20. The first-order chi connectivity index (χ1) is 10.2. The van der Waals surface area contributed by atoms with Crippen LogP contribution < -0.4 is 11.1 Å². The molecule has 1 aromatic carbocycles. The van der Waals surface area contributed by atoms with Gasteiger partial charge in [-0.2, -0.15) is 0 Å². The van der Waals surface area contributed by atoms with E-state index in [4.69, 9.17) is 10.2 Å². The Morgan fingerprint density at radius 3 is 2.86 bits per heavy atom. The number of nitrogens with two attached hydrogens (primary N) is 1. The van der Waals surface area contributed by atoms with Gasteiger partial charge in [0.05, 0.1) is 0 Å². The van der Waals surface area contributed by atoms with Crippen molar-refractivity contribution in [3.8, 4) is 0 Å². The van der Waals surface area contributed by atoms with Gasteiger partial charge in [-0.3, -0.25) is 4.79 Å². The highest BCUT2D eigenvalue weighted by Gasteiger charge is 2.24. The highest BCUT2D eigenvalue weighted by Crippen LogP contribution is 2.25. The molecule has 1 aliphatic rings. The third-order valence-corrected chi connectivity index (χ3v) is 4.14. The maximum atomic E-state index is 12.3. The lowest BCUT2D eigenvalue weighted by Crippen LogP contribution is -2.32. The number of aryl methyl sites for hydroxylation is 1. The summed E-state index contributed by atoms with van der Waals surface area (Å²) in [6.45, 7) is 2.00. The van der Waals surface area contributed by atoms with Gasteiger partial charge in [-0.25, -0.2) is 4.98 Å². The maximum Gasteiger partial charge on any atom is 0.227 e. The van der Waals surface area contributed by atoms with Gasteiger partial charge < -0.3 is 15.5 Å². The number of benzene rings is 1. The number of nitrogens with zero attached hydrogens (tertiary/aromatic N) is 1. The Balaban J connectivity index is 1.70. The van der Waals surface area contributed by atoms with Crippen molar-refractivity contribution in [2.24, 2.45) is 11.7 Å². The van der Waals surface area contributed by atoms with E-state index >= 15 is 0 Å². The summed E-state index contributed by atoms with van der Waals surface area (Å²) in [6, 6.07) is 5.84. The number of aromatic nitrogens is 1. The second kappa shape index (κ2) is 5.85. The van der Waals surface area contributed by atoms with Crippen molar-refractivity contribution >= 4 is 22.7 Å². The van der Waals surface area contributed by atoms with Gasteiger partial charge in [0.1, 0.15) is 5.52 Å². The Kier molecular flexibility index (Phi) is 3.92. The summed E-state index contributed by atoms with van der Waals surface area (Å²) in [6.07, 6.45) is 4.37. The molecule has 0 spiro atoms. The first kappa shape index (κ1) is 14.1. The lowest BCUT2D eigenvalue weighted by Gasteiger charge is -2.25. The molecule has 1 amide bonds. The predicted molar refractivity (Wildman–Crippen MR) is 82.0 cm³/mol. The van der Waals surface area contributed by atoms with Gasteiger partial charge in [0.25, 0.3) is 0 Å². The van der Waals surface area contributed by atoms with Crippen LogP contribution in [-0.2, 0) is 11.2 Å². The van der Waals surface area contributed by atoms with Gasteiger partial charge in [-0.15, -0.1) is 0 Å². The van der Waals surface area contributed by atoms with Crippen molar-refractivity contribution in [1.82, 2.24) is 4.98 Å². The zero-order valence-corrected chi connectivity index (χ0v) is 12.3. The Labute approximate surface area is 123 Å². The molecule has 0 saturated heterocycles. The number of anilines is 1. The van der Waals surface area contributed by atoms with Gasteiger partial charge in [-0.1, -0.05) is 6.92 Å². The number of amides is 1. The highest BCUT2D eigenvalue weighted by atomic mass is 16.3. The molecule has 0 bridgehead atoms. The fraction of sp³-hybridized carbons (Fsp3) is 0.500. The number of hydrogen-bond acceptors (Lipinski definition) is 4. The highest BCUT2D eigenvalue weighted by molar-refractivity contribution is 5.94. The molecule has 1 aromatic heterocycles. The molecule has 1 heterocycles. The molecule has 0 radical (unpaired) electrons. The number of rotatable bonds is 3. The van der Waals surface area contributed by atoms with Crippen LogP contribution in [0.15, 0.2) is 22.6 Å². The molecule has 5 nitrogen and oxygen atoms in total. The standard InChI is InChI=1S/C16H21N3O2/c1-2-15-19-13-9-12(7-8-14(13)21-15)18-16(20)10-3-5-11(17)6-4-10/h7-11H,2-6,17H2,1H3,(H,18,20). The fourth-order valence-electron chi connectivity index (χ4n) is 2.83. The predicted octanol–water partition coefficient (Wildman–Crippen LogP) is 2.85. The molecule has 2 aromatic rings. The second-order valence-corrected chi connectivity index (χ2v) is 5.74. The minimum absolute atomic E-state index is 0.0732. The van der Waals surface area contributed by atoms with Crippen molar-refractivity contribution < 1.29 is 9.21 Å². The van der Waals surface area contributed by atoms with E-state index in [0.29, 0.717) is 0 Å². The summed E-state index contributed by atoms with van der Waals surface area (Å²) in [7, 11) is 0. The average Bonchev–Trinajstić information content (AvgIpc) is 2.90. The van der Waals surface area contributed by atoms with Crippen LogP contribution in [0.1, 0.15) is 38.5 Å². The molecule has 3 N–H and O–H groups in total. The molecule has 0 aliphatic heterocycles. The Morgan fingerprint density at radius 2 is 2.14 bits per heavy atom. The van der Waals surface area contributed by atoms with Crippen molar-refractivity contribution in [2.75, 3.05) is 5.32 Å². The summed E-state index contributed by atoms with van der Waals surface area (Å²) in [5.74, 6) is 0.874. The zero-order valence-electron chi connectivity index (χ0n) is 12.3. The smallest absolute Gasteiger partial charge is 0.227 e. The summed E-state index contributed by atoms with van der Waals surface area (Å²) in [5, 5.41) is 2.98. The molecule has 1 saturated carbocycles. The second-order valence-electron chi connectivity index (χ2n) is 5.74. The Bertz CT molecular complexity index is 642. The van der Waals surface area contributed by atoms with Crippen LogP contribution in [0.25, 0.3) is 11.1 Å². The van der Waals surface area contributed by atoms with E-state index < -0.39 is 0 Å². The molecular formula is C16H21N3O2. The molecular weight excluding hydrogens is 266 g/mol. The summed E-state index contributed by atoms with van der Waals surface area (Å²) in [4.78, 5) is 16.7. The van der Waals surface area contributed by atoms with Crippen LogP contribution in [0.3, 0.4) is 0 Å². The normalized spacial score (nSPS) is 22.4. The average molecular weight is 287 g/mol. The molecule has 0 unspecified atom stereocenters. The summed E-state index contributed by atoms with van der Waals surface area (Å²) >= 11 is 0. The number of oxazole rings is 1. The van der Waals surface area contributed by atoms with Crippen molar-refractivity contribution in [3.05, 3.63) is 24.1 Å². The van der Waals surface area contributed by atoms with Crippen molar-refractivity contribution in [3.63, 3.8) is 0 Å². The molecule has 112 valence electrons. The van der Waals surface area contributed by atoms with E-state index in [9.17, 15) is 4.79 Å².